The number of anilines is 1. The van der Waals surface area contributed by atoms with E-state index in [1.165, 1.54) is 18.7 Å². The van der Waals surface area contributed by atoms with Gasteiger partial charge in [0.05, 0.1) is 9.40 Å². The minimum atomic E-state index is -0.455. The summed E-state index contributed by atoms with van der Waals surface area (Å²) >= 11 is 3.36. The van der Waals surface area contributed by atoms with Gasteiger partial charge in [-0.1, -0.05) is 0 Å². The van der Waals surface area contributed by atoms with Crippen molar-refractivity contribution in [2.75, 3.05) is 18.1 Å². The Balaban J connectivity index is 2.22. The average Bonchev–Trinajstić information content (AvgIpc) is 2.32. The Morgan fingerprint density at radius 3 is 2.79 bits per heavy atom. The van der Waals surface area contributed by atoms with Gasteiger partial charge in [0.25, 0.3) is 5.69 Å². The Morgan fingerprint density at radius 2 is 2.32 bits per heavy atom. The molecule has 0 atom stereocenters. The van der Waals surface area contributed by atoms with Gasteiger partial charge in [-0.2, -0.15) is 0 Å². The maximum atomic E-state index is 10.7. The van der Waals surface area contributed by atoms with Gasteiger partial charge in [-0.25, -0.2) is 4.98 Å². The molecule has 0 amide bonds. The lowest BCUT2D eigenvalue weighted by Crippen LogP contribution is -2.41. The summed E-state index contributed by atoms with van der Waals surface area (Å²) in [6.07, 6.45) is 5.37. The van der Waals surface area contributed by atoms with Crippen LogP contribution in [0.2, 0.25) is 0 Å². The first-order valence-corrected chi connectivity index (χ1v) is 7.10. The number of pyridine rings is 1. The molecule has 0 radical (unpaired) electrons. The first kappa shape index (κ1) is 14.2. The smallest absolute Gasteiger partial charge is 0.288 e. The van der Waals surface area contributed by atoms with Crippen molar-refractivity contribution in [3.05, 3.63) is 26.9 Å². The van der Waals surface area contributed by atoms with Crippen molar-refractivity contribution >= 4 is 27.4 Å². The Kier molecular flexibility index (Phi) is 4.71. The van der Waals surface area contributed by atoms with Crippen molar-refractivity contribution < 1.29 is 10.0 Å². The number of aliphatic hydroxyl groups is 1. The molecule has 0 saturated heterocycles. The maximum absolute atomic E-state index is 10.7. The van der Waals surface area contributed by atoms with Gasteiger partial charge < -0.3 is 10.0 Å². The molecule has 104 valence electrons. The predicted octanol–water partition coefficient (Wildman–Crippen LogP) is 2.49. The fourth-order valence-electron chi connectivity index (χ4n) is 2.13. The van der Waals surface area contributed by atoms with Crippen LogP contribution in [-0.2, 0) is 0 Å². The molecule has 1 N–H and O–H groups in total. The van der Waals surface area contributed by atoms with Crippen LogP contribution in [0.5, 0.6) is 0 Å². The van der Waals surface area contributed by atoms with E-state index < -0.39 is 4.92 Å². The molecule has 19 heavy (non-hydrogen) atoms. The van der Waals surface area contributed by atoms with Crippen LogP contribution in [0.1, 0.15) is 25.7 Å². The highest BCUT2D eigenvalue weighted by Gasteiger charge is 2.27. The molecule has 1 saturated carbocycles. The third-order valence-corrected chi connectivity index (χ3v) is 3.95. The second kappa shape index (κ2) is 6.29. The summed E-state index contributed by atoms with van der Waals surface area (Å²) < 4.78 is 0.631. The molecule has 7 heteroatoms. The van der Waals surface area contributed by atoms with Crippen LogP contribution in [0.25, 0.3) is 0 Å². The maximum Gasteiger partial charge on any atom is 0.288 e. The number of nitro groups is 1. The number of halogens is 1. The van der Waals surface area contributed by atoms with Gasteiger partial charge in [-0.05, 0) is 41.6 Å². The number of hydrogen-bond acceptors (Lipinski definition) is 5. The summed E-state index contributed by atoms with van der Waals surface area (Å²) in [5, 5.41) is 19.7. The van der Waals surface area contributed by atoms with Gasteiger partial charge in [0, 0.05) is 25.3 Å². The van der Waals surface area contributed by atoms with E-state index in [4.69, 9.17) is 5.11 Å². The van der Waals surface area contributed by atoms with Crippen molar-refractivity contribution in [2.45, 2.75) is 31.7 Å². The molecule has 0 spiro atoms. The Hall–Kier alpha value is -1.21. The van der Waals surface area contributed by atoms with E-state index in [2.05, 4.69) is 25.8 Å². The second-order valence-electron chi connectivity index (χ2n) is 4.61. The third kappa shape index (κ3) is 3.22. The highest BCUT2D eigenvalue weighted by Crippen LogP contribution is 2.34. The molecule has 1 aliphatic rings. The van der Waals surface area contributed by atoms with Crippen LogP contribution in [0.3, 0.4) is 0 Å². The van der Waals surface area contributed by atoms with Gasteiger partial charge >= 0.3 is 0 Å². The molecule has 1 aromatic heterocycles. The number of rotatable bonds is 6. The molecule has 1 aromatic rings. The van der Waals surface area contributed by atoms with Crippen LogP contribution in [-0.4, -0.2) is 34.2 Å². The van der Waals surface area contributed by atoms with Crippen molar-refractivity contribution in [1.82, 2.24) is 4.98 Å². The lowest BCUT2D eigenvalue weighted by molar-refractivity contribution is -0.385. The van der Waals surface area contributed by atoms with E-state index in [1.807, 2.05) is 0 Å². The predicted molar refractivity (Wildman–Crippen MR) is 75.3 cm³/mol. The largest absolute Gasteiger partial charge is 0.396 e. The highest BCUT2D eigenvalue weighted by molar-refractivity contribution is 9.10. The number of nitrogens with zero attached hydrogens (tertiary/aromatic N) is 3. The van der Waals surface area contributed by atoms with E-state index >= 15 is 0 Å². The molecule has 0 aliphatic heterocycles. The van der Waals surface area contributed by atoms with Crippen molar-refractivity contribution in [3.63, 3.8) is 0 Å². The SMILES string of the molecule is O=[N+]([O-])c1cnc(N(CCCO)C2CCC2)c(Br)c1. The number of aliphatic hydroxyl groups excluding tert-OH is 1. The summed E-state index contributed by atoms with van der Waals surface area (Å²) in [5.41, 5.74) is -0.0219. The van der Waals surface area contributed by atoms with Crippen LogP contribution in [0, 0.1) is 10.1 Å². The highest BCUT2D eigenvalue weighted by atomic mass is 79.9. The van der Waals surface area contributed by atoms with Gasteiger partial charge in [-0.3, -0.25) is 10.1 Å². The Labute approximate surface area is 119 Å². The summed E-state index contributed by atoms with van der Waals surface area (Å²) in [6.45, 7) is 0.846. The summed E-state index contributed by atoms with van der Waals surface area (Å²) in [6, 6.07) is 1.91. The zero-order valence-electron chi connectivity index (χ0n) is 10.5. The Bertz CT molecular complexity index is 466. The molecule has 0 bridgehead atoms. The van der Waals surface area contributed by atoms with Crippen molar-refractivity contribution in [3.8, 4) is 0 Å². The lowest BCUT2D eigenvalue weighted by atomic mass is 9.91. The zero-order chi connectivity index (χ0) is 13.8. The molecule has 2 rings (SSSR count). The molecule has 1 fully saturated rings. The van der Waals surface area contributed by atoms with Crippen LogP contribution in [0.4, 0.5) is 11.5 Å². The monoisotopic (exact) mass is 329 g/mol. The first-order chi connectivity index (χ1) is 9.13. The molecule has 0 unspecified atom stereocenters. The fraction of sp³-hybridized carbons (Fsp3) is 0.583. The topological polar surface area (TPSA) is 79.5 Å². The van der Waals surface area contributed by atoms with Crippen molar-refractivity contribution in [2.24, 2.45) is 0 Å². The van der Waals surface area contributed by atoms with Gasteiger partial charge in [-0.15, -0.1) is 0 Å². The van der Waals surface area contributed by atoms with Crippen LogP contribution < -0.4 is 4.90 Å². The van der Waals surface area contributed by atoms with Crippen LogP contribution in [0.15, 0.2) is 16.7 Å². The summed E-state index contributed by atoms with van der Waals surface area (Å²) in [5.74, 6) is 0.726. The molecule has 0 aromatic carbocycles. The molecular weight excluding hydrogens is 314 g/mol. The van der Waals surface area contributed by atoms with Crippen LogP contribution >= 0.6 is 15.9 Å². The first-order valence-electron chi connectivity index (χ1n) is 6.31. The normalized spacial score (nSPS) is 15.1. The average molecular weight is 330 g/mol. The quantitative estimate of drug-likeness (QED) is 0.640. The molecule has 6 nitrogen and oxygen atoms in total. The van der Waals surface area contributed by atoms with E-state index in [9.17, 15) is 10.1 Å². The zero-order valence-corrected chi connectivity index (χ0v) is 12.0. The minimum absolute atomic E-state index is 0.0219. The minimum Gasteiger partial charge on any atom is -0.396 e. The fourth-order valence-corrected chi connectivity index (χ4v) is 2.70. The summed E-state index contributed by atoms with van der Waals surface area (Å²) in [4.78, 5) is 16.6. The number of aromatic nitrogens is 1. The van der Waals surface area contributed by atoms with E-state index in [0.29, 0.717) is 23.5 Å². The summed E-state index contributed by atoms with van der Waals surface area (Å²) in [7, 11) is 0. The lowest BCUT2D eigenvalue weighted by Gasteiger charge is -2.38. The standard InChI is InChI=1S/C12H16BrN3O3/c13-11-7-10(16(18)19)8-14-12(11)15(5-2-6-17)9-3-1-4-9/h7-9,17H,1-6H2. The van der Waals surface area contributed by atoms with Gasteiger partial charge in [0.2, 0.25) is 0 Å². The second-order valence-corrected chi connectivity index (χ2v) is 5.47. The number of hydrogen-bond donors (Lipinski definition) is 1. The van der Waals surface area contributed by atoms with Gasteiger partial charge in [0.15, 0.2) is 0 Å². The van der Waals surface area contributed by atoms with Crippen molar-refractivity contribution in [1.29, 1.82) is 0 Å². The van der Waals surface area contributed by atoms with Gasteiger partial charge in [0.1, 0.15) is 12.0 Å². The molecule has 1 heterocycles. The third-order valence-electron chi connectivity index (χ3n) is 3.36. The van der Waals surface area contributed by atoms with E-state index in [0.717, 1.165) is 18.7 Å². The molecular formula is C12H16BrN3O3. The van der Waals surface area contributed by atoms with E-state index in [-0.39, 0.29) is 12.3 Å². The Morgan fingerprint density at radius 1 is 1.58 bits per heavy atom. The van der Waals surface area contributed by atoms with E-state index in [1.54, 1.807) is 0 Å². The molecule has 1 aliphatic carbocycles.